The van der Waals surface area contributed by atoms with Crippen LogP contribution in [0.2, 0.25) is 0 Å². The van der Waals surface area contributed by atoms with Gasteiger partial charge in [0.1, 0.15) is 24.6 Å². The number of nitrogens with zero attached hydrogens (tertiary/aromatic N) is 8. The lowest BCUT2D eigenvalue weighted by Crippen LogP contribution is -2.25. The zero-order chi connectivity index (χ0) is 34.3. The van der Waals surface area contributed by atoms with Crippen molar-refractivity contribution >= 4 is 50.2 Å². The van der Waals surface area contributed by atoms with Gasteiger partial charge in [-0.2, -0.15) is 10.2 Å². The predicted octanol–water partition coefficient (Wildman–Crippen LogP) is 1.86. The fourth-order valence-corrected chi connectivity index (χ4v) is 7.87. The monoisotopic (exact) mass is 726 g/mol. The molecule has 19 nitrogen and oxygen atoms in total. The summed E-state index contributed by atoms with van der Waals surface area (Å²) >= 11 is 5.80. The molecular weight excluding hydrogens is 692 g/mol. The Morgan fingerprint density at radius 2 is 2.15 bits per heavy atom. The van der Waals surface area contributed by atoms with Gasteiger partial charge in [-0.05, 0) is 18.2 Å². The van der Waals surface area contributed by atoms with E-state index in [0.717, 1.165) is 0 Å². The van der Waals surface area contributed by atoms with Crippen LogP contribution < -0.4 is 10.3 Å². The van der Waals surface area contributed by atoms with Crippen molar-refractivity contribution in [3.05, 3.63) is 35.3 Å². The molecule has 0 bridgehead atoms. The van der Waals surface area contributed by atoms with Crippen LogP contribution in [0.1, 0.15) is 31.9 Å². The topological polar surface area (TPSA) is 242 Å². The number of aliphatic hydroxyl groups excluding tert-OH is 1. The SMILES string of the molecule is CN(C)/C=N/c1nc2c(ncn2[C@@H]2O[C@H](CO)C[C@H]2OP(=S)(OCCC#N)OC[C@H]2C[C@@H](Oc3ccncn3)C[C@@H]2O[P+](=O)O)c(=O)[nH]1. The Kier molecular flexibility index (Phi) is 12.3. The van der Waals surface area contributed by atoms with Gasteiger partial charge in [0.15, 0.2) is 17.4 Å². The Balaban J connectivity index is 1.37. The number of imidazole rings is 1. The van der Waals surface area contributed by atoms with E-state index in [1.807, 2.05) is 6.07 Å². The number of nitriles is 1. The summed E-state index contributed by atoms with van der Waals surface area (Å²) in [5.41, 5.74) is -0.338. The van der Waals surface area contributed by atoms with Crippen molar-refractivity contribution in [3.63, 3.8) is 0 Å². The van der Waals surface area contributed by atoms with E-state index in [1.54, 1.807) is 25.1 Å². The number of aliphatic hydroxyl groups is 1. The molecule has 48 heavy (non-hydrogen) atoms. The predicted molar refractivity (Wildman–Crippen MR) is 171 cm³/mol. The molecule has 2 fully saturated rings. The first-order valence-corrected chi connectivity index (χ1v) is 18.4. The Morgan fingerprint density at radius 1 is 1.31 bits per heavy atom. The standard InChI is InChI=1S/C26H33N9O10P2S/c1-34(2)14-31-26-32-23-22(24(37)33-26)30-15-35(23)25-20(10-18(11-36)43-25)45-47(48,40-7-3-5-27)41-12-16-8-17(9-19(16)44-46(38)39)42-21-4-6-28-13-29-21/h4,6,13-20,25,36H,3,7-12H2,1-2H3,(H-,32,33,37,38,39)/p+1/b31-14+/t16-,17-,18+,19+,20-,25-,47?/m1/s1. The molecule has 8 atom stereocenters. The third-order valence-corrected chi connectivity index (χ3v) is 10.1. The van der Waals surface area contributed by atoms with Gasteiger partial charge in [0.25, 0.3) is 5.56 Å². The molecule has 0 amide bonds. The minimum Gasteiger partial charge on any atom is -0.474 e. The van der Waals surface area contributed by atoms with Crippen molar-refractivity contribution in [2.75, 3.05) is 33.9 Å². The van der Waals surface area contributed by atoms with Crippen LogP contribution in [0.15, 0.2) is 34.7 Å². The molecule has 0 aromatic carbocycles. The van der Waals surface area contributed by atoms with Crippen molar-refractivity contribution in [2.45, 2.75) is 56.3 Å². The van der Waals surface area contributed by atoms with Crippen LogP contribution in [0.3, 0.4) is 0 Å². The van der Waals surface area contributed by atoms with Gasteiger partial charge >= 0.3 is 15.0 Å². The number of nitrogens with one attached hydrogen (secondary N) is 1. The average Bonchev–Trinajstić information content (AvgIpc) is 3.76. The van der Waals surface area contributed by atoms with Gasteiger partial charge in [-0.15, -0.1) is 9.42 Å². The van der Waals surface area contributed by atoms with E-state index in [2.05, 4.69) is 29.9 Å². The summed E-state index contributed by atoms with van der Waals surface area (Å²) in [4.78, 5) is 47.3. The Bertz CT molecular complexity index is 1740. The van der Waals surface area contributed by atoms with Crippen LogP contribution in [0.5, 0.6) is 5.88 Å². The molecule has 22 heteroatoms. The summed E-state index contributed by atoms with van der Waals surface area (Å²) < 4.78 is 48.8. The molecule has 1 aliphatic heterocycles. The maximum absolute atomic E-state index is 12.8. The van der Waals surface area contributed by atoms with E-state index in [9.17, 15) is 19.4 Å². The van der Waals surface area contributed by atoms with Crippen LogP contribution in [-0.2, 0) is 39.2 Å². The maximum Gasteiger partial charge on any atom is 0.695 e. The van der Waals surface area contributed by atoms with E-state index in [1.165, 1.54) is 29.8 Å². The van der Waals surface area contributed by atoms with Gasteiger partial charge in [0.2, 0.25) is 11.8 Å². The van der Waals surface area contributed by atoms with Crippen molar-refractivity contribution in [3.8, 4) is 11.9 Å². The molecule has 2 unspecified atom stereocenters. The van der Waals surface area contributed by atoms with E-state index in [-0.39, 0.29) is 56.2 Å². The van der Waals surface area contributed by atoms with Gasteiger partial charge in [0, 0.05) is 49.7 Å². The summed E-state index contributed by atoms with van der Waals surface area (Å²) in [6.07, 6.45) is 2.85. The number of rotatable bonds is 16. The zero-order valence-electron chi connectivity index (χ0n) is 25.8. The lowest BCUT2D eigenvalue weighted by atomic mass is 10.1. The molecule has 5 rings (SSSR count). The highest BCUT2D eigenvalue weighted by atomic mass is 32.5. The van der Waals surface area contributed by atoms with Crippen molar-refractivity contribution in [1.29, 1.82) is 5.26 Å². The molecule has 4 heterocycles. The number of hydrogen-bond donors (Lipinski definition) is 3. The number of H-pyrrole nitrogens is 1. The van der Waals surface area contributed by atoms with Crippen LogP contribution in [0.25, 0.3) is 11.2 Å². The first-order valence-electron chi connectivity index (χ1n) is 14.7. The van der Waals surface area contributed by atoms with Gasteiger partial charge in [-0.25, -0.2) is 19.9 Å². The molecular formula is C26H34N9O10P2S+. The number of fused-ring (bicyclic) bond motifs is 1. The number of ether oxygens (including phenoxy) is 2. The second-order valence-corrected chi connectivity index (χ2v) is 14.7. The first kappa shape index (κ1) is 36.0. The van der Waals surface area contributed by atoms with Crippen molar-refractivity contribution in [2.24, 2.45) is 10.9 Å². The Morgan fingerprint density at radius 3 is 2.85 bits per heavy atom. The summed E-state index contributed by atoms with van der Waals surface area (Å²) in [7, 11) is 0.595. The highest BCUT2D eigenvalue weighted by Gasteiger charge is 2.45. The molecule has 1 saturated heterocycles. The molecule has 3 aromatic rings. The highest BCUT2D eigenvalue weighted by molar-refractivity contribution is 8.07. The minimum absolute atomic E-state index is 0.000925. The van der Waals surface area contributed by atoms with Gasteiger partial charge in [0.05, 0.1) is 51.1 Å². The van der Waals surface area contributed by atoms with Crippen molar-refractivity contribution in [1.82, 2.24) is 34.4 Å². The zero-order valence-corrected chi connectivity index (χ0v) is 28.4. The number of aromatic amines is 1. The smallest absolute Gasteiger partial charge is 0.474 e. The molecule has 0 radical (unpaired) electrons. The van der Waals surface area contributed by atoms with E-state index >= 15 is 0 Å². The summed E-state index contributed by atoms with van der Waals surface area (Å²) in [6.45, 7) is -4.20. The Hall–Kier alpha value is -3.34. The Labute approximate surface area is 280 Å². The van der Waals surface area contributed by atoms with Crippen LogP contribution in [-0.4, -0.2) is 109 Å². The number of hydrogen-bond acceptors (Lipinski definition) is 16. The summed E-state index contributed by atoms with van der Waals surface area (Å²) in [5.74, 6) is -0.0860. The van der Waals surface area contributed by atoms with E-state index in [4.69, 9.17) is 44.6 Å². The van der Waals surface area contributed by atoms with E-state index < -0.39 is 57.1 Å². The fourth-order valence-electron chi connectivity index (χ4n) is 5.23. The van der Waals surface area contributed by atoms with Gasteiger partial charge < -0.3 is 33.1 Å². The lowest BCUT2D eigenvalue weighted by Gasteiger charge is -2.28. The van der Waals surface area contributed by atoms with Gasteiger partial charge in [-0.1, -0.05) is 0 Å². The number of aromatic nitrogens is 6. The summed E-state index contributed by atoms with van der Waals surface area (Å²) in [5, 5.41) is 19.1. The summed E-state index contributed by atoms with van der Waals surface area (Å²) in [6, 6.07) is 3.58. The highest BCUT2D eigenvalue weighted by Crippen LogP contribution is 2.55. The second kappa shape index (κ2) is 16.4. The first-order chi connectivity index (χ1) is 23.1. The quantitative estimate of drug-likeness (QED) is 0.0825. The normalized spacial score (nSPS) is 25.7. The molecule has 258 valence electrons. The molecule has 3 N–H and O–H groups in total. The molecule has 1 saturated carbocycles. The molecule has 1 aliphatic carbocycles. The van der Waals surface area contributed by atoms with Crippen LogP contribution in [0.4, 0.5) is 5.95 Å². The maximum atomic E-state index is 12.8. The third kappa shape index (κ3) is 9.21. The van der Waals surface area contributed by atoms with E-state index in [0.29, 0.717) is 12.3 Å². The minimum atomic E-state index is -3.66. The van der Waals surface area contributed by atoms with Crippen LogP contribution >= 0.6 is 15.0 Å². The fraction of sp³-hybridized carbons (Fsp3) is 0.577. The molecule has 3 aromatic heterocycles. The largest absolute Gasteiger partial charge is 0.695 e. The third-order valence-electron chi connectivity index (χ3n) is 7.28. The number of aliphatic imine (C=N–C) groups is 1. The lowest BCUT2D eigenvalue weighted by molar-refractivity contribution is -0.0480. The average molecular weight is 727 g/mol. The second-order valence-electron chi connectivity index (χ2n) is 11.0. The molecule has 2 aliphatic rings. The van der Waals surface area contributed by atoms with Gasteiger partial charge in [-0.3, -0.25) is 14.3 Å². The van der Waals surface area contributed by atoms with Crippen molar-refractivity contribution < 1.29 is 42.1 Å². The molecule has 0 spiro atoms. The van der Waals surface area contributed by atoms with Crippen LogP contribution in [0, 0.1) is 17.2 Å².